The predicted octanol–water partition coefficient (Wildman–Crippen LogP) is -2.15. The average Bonchev–Trinajstić information content (AvgIpc) is 0.669. The van der Waals surface area contributed by atoms with Crippen LogP contribution in [0.2, 0.25) is 0 Å². The summed E-state index contributed by atoms with van der Waals surface area (Å²) in [5.41, 5.74) is -5.62. The van der Waals surface area contributed by atoms with Crippen LogP contribution in [0.5, 0.6) is 0 Å². The number of hydrogen-bond donors (Lipinski definition) is 16. The number of carboxylic acid groups (broad SMARTS) is 2. The highest BCUT2D eigenvalue weighted by atomic mass is 16.8. The van der Waals surface area contributed by atoms with Crippen LogP contribution in [0.25, 0.3) is 6.08 Å². The van der Waals surface area contributed by atoms with Gasteiger partial charge < -0.3 is 134 Å². The summed E-state index contributed by atoms with van der Waals surface area (Å²) in [6.45, 7) is 12.9. The van der Waals surface area contributed by atoms with E-state index >= 15 is 4.79 Å². The van der Waals surface area contributed by atoms with Gasteiger partial charge in [0.2, 0.25) is 6.29 Å². The van der Waals surface area contributed by atoms with Crippen molar-refractivity contribution in [3.8, 4) is 0 Å². The Labute approximate surface area is 570 Å². The van der Waals surface area contributed by atoms with Gasteiger partial charge in [-0.25, -0.2) is 9.59 Å². The molecular formula is C68H98O31. The number of allylic oxidation sites excluding steroid dienone is 2. The molecule has 0 aromatic heterocycles. The zero-order valence-corrected chi connectivity index (χ0v) is 56.3. The summed E-state index contributed by atoms with van der Waals surface area (Å²) in [6, 6.07) is 8.68. The fourth-order valence-corrected chi connectivity index (χ4v) is 18.8. The van der Waals surface area contributed by atoms with Crippen LogP contribution in [-0.2, 0) is 71.3 Å². The third-order valence-electron chi connectivity index (χ3n) is 24.6. The molecule has 16 N–H and O–H groups in total. The maximum Gasteiger partial charge on any atom is 0.335 e. The van der Waals surface area contributed by atoms with Crippen molar-refractivity contribution in [3.63, 3.8) is 0 Å². The molecular weight excluding hydrogens is 1310 g/mol. The molecule has 5 heterocycles. The van der Waals surface area contributed by atoms with Gasteiger partial charge >= 0.3 is 23.9 Å². The monoisotopic (exact) mass is 1410 g/mol. The van der Waals surface area contributed by atoms with Crippen molar-refractivity contribution in [1.29, 1.82) is 0 Å². The Kier molecular flexibility index (Phi) is 21.6. The lowest BCUT2D eigenvalue weighted by atomic mass is 9.33. The van der Waals surface area contributed by atoms with Gasteiger partial charge in [-0.15, -0.1) is 0 Å². The van der Waals surface area contributed by atoms with E-state index in [0.29, 0.717) is 24.8 Å². The molecule has 9 fully saturated rings. The van der Waals surface area contributed by atoms with Gasteiger partial charge in [-0.2, -0.15) is 0 Å². The van der Waals surface area contributed by atoms with Crippen molar-refractivity contribution >= 4 is 30.0 Å². The van der Waals surface area contributed by atoms with Crippen molar-refractivity contribution in [3.05, 3.63) is 53.6 Å². The standard InChI is InChI=1S/C68H98O31/c1-27-39(74)49(95-57-45(80)43(78)42(77)34(25-69)92-57)47(82)58(90-27)97-53-51(93-38(73)17-14-29-12-10-9-11-13-29)40(75)28(2)91-60(53)99-62(88)68-21-20-63(3,4)22-31(68)30-15-16-35-64(5)23-32(70)54(67(8,61(86)87)36(64)18-19-65(35,6)66(30,7)24-37(68)72)98-59-48(83)50(46(81)52(96-59)55(84)85)94-56-44(79)41(76)33(71)26-89-56/h9-15,17,27-28,31-37,39-54,56-60,69-72,74-83H,16,18-26H2,1-8H3,(H,84,85)(H,86,87)/b17-14+/t27-,28+,31-,32-,33+,34+,35?,36?,37+,39-,40-,41-,42+,43-,44+,45+,46-,47+,48+,49+,50-,51-,52-,53+,54-,56-,57-,58-,59-,60-,64+,65+,66+,67-,68+/m0/s1. The third-order valence-corrected chi connectivity index (χ3v) is 24.6. The highest BCUT2D eigenvalue weighted by Gasteiger charge is 2.75. The van der Waals surface area contributed by atoms with E-state index in [2.05, 4.69) is 6.92 Å². The van der Waals surface area contributed by atoms with E-state index in [1.54, 1.807) is 30.3 Å². The number of aliphatic hydroxyl groups is 14. The number of benzene rings is 1. The molecule has 0 amide bonds. The largest absolute Gasteiger partial charge is 0.481 e. The van der Waals surface area contributed by atoms with Crippen molar-refractivity contribution in [2.24, 2.45) is 50.2 Å². The van der Waals surface area contributed by atoms with Crippen LogP contribution in [0, 0.1) is 50.2 Å². The van der Waals surface area contributed by atoms with E-state index in [1.807, 2.05) is 33.8 Å². The van der Waals surface area contributed by atoms with Crippen LogP contribution >= 0.6 is 0 Å². The topological polar surface area (TPSA) is 493 Å². The van der Waals surface area contributed by atoms with Crippen molar-refractivity contribution < 1.29 is 153 Å². The van der Waals surface area contributed by atoms with Gasteiger partial charge in [-0.3, -0.25) is 9.59 Å². The molecule has 0 radical (unpaired) electrons. The van der Waals surface area contributed by atoms with Crippen LogP contribution in [0.3, 0.4) is 0 Å². The molecule has 0 bridgehead atoms. The molecule has 99 heavy (non-hydrogen) atoms. The van der Waals surface area contributed by atoms with Gasteiger partial charge in [0.05, 0.1) is 43.0 Å². The maximum atomic E-state index is 16.0. The first-order valence-corrected chi connectivity index (χ1v) is 34.0. The Morgan fingerprint density at radius 2 is 1.17 bits per heavy atom. The molecule has 2 unspecified atom stereocenters. The molecule has 4 saturated carbocycles. The molecule has 5 saturated heterocycles. The Balaban J connectivity index is 0.890. The van der Waals surface area contributed by atoms with Gasteiger partial charge in [-0.05, 0) is 123 Å². The average molecular weight is 1410 g/mol. The van der Waals surface area contributed by atoms with Gasteiger partial charge in [0.15, 0.2) is 43.5 Å². The van der Waals surface area contributed by atoms with Crippen LogP contribution in [-0.4, -0.2) is 285 Å². The first-order valence-electron chi connectivity index (χ1n) is 34.0. The molecule has 31 heteroatoms. The quantitative estimate of drug-likeness (QED) is 0.0363. The maximum absolute atomic E-state index is 16.0. The molecule has 5 aliphatic carbocycles. The minimum absolute atomic E-state index is 0.0466. The molecule has 31 nitrogen and oxygen atoms in total. The van der Waals surface area contributed by atoms with Crippen LogP contribution in [0.15, 0.2) is 48.1 Å². The first-order chi connectivity index (χ1) is 46.4. The smallest absolute Gasteiger partial charge is 0.335 e. The summed E-state index contributed by atoms with van der Waals surface area (Å²) in [5, 5.41) is 179. The molecule has 11 rings (SSSR count). The summed E-state index contributed by atoms with van der Waals surface area (Å²) in [7, 11) is 0. The number of carboxylic acids is 2. The number of ether oxygens (including phenoxy) is 11. The van der Waals surface area contributed by atoms with Crippen LogP contribution < -0.4 is 0 Å². The van der Waals surface area contributed by atoms with Gasteiger partial charge in [0.1, 0.15) is 97.0 Å². The van der Waals surface area contributed by atoms with Gasteiger partial charge in [0.25, 0.3) is 0 Å². The molecule has 1 aromatic carbocycles. The molecule has 10 aliphatic rings. The van der Waals surface area contributed by atoms with Crippen molar-refractivity contribution in [2.75, 3.05) is 13.2 Å². The summed E-state index contributed by atoms with van der Waals surface area (Å²) in [6.07, 6.45) is -42.9. The lowest BCUT2D eigenvalue weighted by molar-refractivity contribution is -0.379. The lowest BCUT2D eigenvalue weighted by Gasteiger charge is -2.71. The van der Waals surface area contributed by atoms with Crippen molar-refractivity contribution in [2.45, 2.75) is 272 Å². The summed E-state index contributed by atoms with van der Waals surface area (Å²) < 4.78 is 65.6. The van der Waals surface area contributed by atoms with E-state index in [0.717, 1.165) is 11.6 Å². The first kappa shape index (κ1) is 75.8. The van der Waals surface area contributed by atoms with Gasteiger partial charge in [0, 0.05) is 6.08 Å². The molecule has 1 aromatic rings. The SMILES string of the molecule is C[C@@H]1O[C@@H](O[C@H]2[C@H](OC(=O)[C@]34CCC(C)(C)C[C@H]3C3=CCC5[C@@]6(C)C[C@H](O)[C@H](O[C@@H]7O[C@H](C(=O)O)[C@@H](O)[C@H](O[C@@H]8OC[C@@H](O)[C@H](O)[C@H]8O)[C@H]7O)[C@@](C)(C(=O)O)C6CC[C@@]5(C)[C@]3(C)C[C@H]4O)O[C@H](C)[C@H](O)[C@@H]2OC(=O)/C=C/c2ccccc2)[C@H](O)[C@H](O[C@@H]2O[C@H](CO)[C@@H](O)[C@H](O)[C@H]2O)[C@H]1O. The minimum atomic E-state index is -2.18. The number of carbonyl (C=O) groups is 4. The summed E-state index contributed by atoms with van der Waals surface area (Å²) >= 11 is 0. The summed E-state index contributed by atoms with van der Waals surface area (Å²) in [5.74, 6) is -7.14. The molecule has 5 aliphatic heterocycles. The second-order valence-corrected chi connectivity index (χ2v) is 30.8. The second-order valence-electron chi connectivity index (χ2n) is 30.8. The molecule has 0 spiro atoms. The number of fused-ring (bicyclic) bond motifs is 7. The minimum Gasteiger partial charge on any atom is -0.481 e. The highest BCUT2D eigenvalue weighted by Crippen LogP contribution is 2.76. The van der Waals surface area contributed by atoms with Crippen LogP contribution in [0.1, 0.15) is 112 Å². The number of hydrogen-bond acceptors (Lipinski definition) is 29. The predicted molar refractivity (Wildman–Crippen MR) is 331 cm³/mol. The lowest BCUT2D eigenvalue weighted by Crippen LogP contribution is -2.71. The fourth-order valence-electron chi connectivity index (χ4n) is 18.8. The van der Waals surface area contributed by atoms with Gasteiger partial charge in [-0.1, -0.05) is 76.6 Å². The number of carbonyl (C=O) groups excluding carboxylic acids is 2. The third kappa shape index (κ3) is 13.0. The number of aliphatic carboxylic acids is 2. The van der Waals surface area contributed by atoms with E-state index < -0.39 is 253 Å². The second kappa shape index (κ2) is 28.3. The van der Waals surface area contributed by atoms with E-state index in [4.69, 9.17) is 52.1 Å². The Hall–Kier alpha value is -4.34. The van der Waals surface area contributed by atoms with E-state index in [-0.39, 0.29) is 32.1 Å². The normalized spacial score (nSPS) is 50.5. The molecule has 556 valence electrons. The Morgan fingerprint density at radius 1 is 0.576 bits per heavy atom. The summed E-state index contributed by atoms with van der Waals surface area (Å²) in [4.78, 5) is 56.7. The van der Waals surface area contributed by atoms with Crippen molar-refractivity contribution in [1.82, 2.24) is 0 Å². The van der Waals surface area contributed by atoms with Crippen LogP contribution in [0.4, 0.5) is 0 Å². The van der Waals surface area contributed by atoms with E-state index in [1.165, 1.54) is 26.8 Å². The number of esters is 2. The Morgan fingerprint density at radius 3 is 1.82 bits per heavy atom. The number of rotatable bonds is 16. The zero-order chi connectivity index (χ0) is 72.3. The zero-order valence-electron chi connectivity index (χ0n) is 56.3. The number of aliphatic hydroxyl groups excluding tert-OH is 14. The van der Waals surface area contributed by atoms with E-state index in [9.17, 15) is 96.1 Å². The fraction of sp³-hybridized carbons (Fsp3) is 0.794. The highest BCUT2D eigenvalue weighted by molar-refractivity contribution is 5.87. The Bertz CT molecular complexity index is 3140. The molecule has 35 atom stereocenters.